The number of halogens is 2. The Morgan fingerprint density at radius 1 is 1.12 bits per heavy atom. The average molecular weight is 224 g/mol. The van der Waals surface area contributed by atoms with Crippen molar-refractivity contribution in [2.24, 2.45) is 5.92 Å². The third kappa shape index (κ3) is 2.29. The maximum Gasteiger partial charge on any atom is 0.126 e. The molecule has 0 spiro atoms. The third-order valence-corrected chi connectivity index (χ3v) is 3.36. The van der Waals surface area contributed by atoms with Crippen molar-refractivity contribution in [1.82, 2.24) is 0 Å². The highest BCUT2D eigenvalue weighted by Crippen LogP contribution is 2.36. The van der Waals surface area contributed by atoms with Gasteiger partial charge in [-0.15, -0.1) is 0 Å². The lowest BCUT2D eigenvalue weighted by atomic mass is 9.79. The van der Waals surface area contributed by atoms with Crippen molar-refractivity contribution in [3.63, 3.8) is 0 Å². The summed E-state index contributed by atoms with van der Waals surface area (Å²) in [4.78, 5) is 10.6. The summed E-state index contributed by atoms with van der Waals surface area (Å²) in [6, 6.07) is 3.59. The molecule has 0 heterocycles. The lowest BCUT2D eigenvalue weighted by Crippen LogP contribution is -2.15. The molecular weight excluding hydrogens is 210 g/mol. The molecule has 0 bridgehead atoms. The fourth-order valence-corrected chi connectivity index (χ4v) is 2.39. The highest BCUT2D eigenvalue weighted by Gasteiger charge is 2.24. The van der Waals surface area contributed by atoms with Gasteiger partial charge in [-0.3, -0.25) is 0 Å². The van der Waals surface area contributed by atoms with Crippen LogP contribution in [-0.4, -0.2) is 6.29 Å². The fraction of sp³-hybridized carbons (Fsp3) is 0.462. The molecule has 1 aromatic carbocycles. The van der Waals surface area contributed by atoms with Crippen molar-refractivity contribution in [2.45, 2.75) is 31.6 Å². The molecule has 1 saturated carbocycles. The van der Waals surface area contributed by atoms with Crippen LogP contribution in [0.4, 0.5) is 8.78 Å². The Balaban J connectivity index is 2.13. The second-order valence-electron chi connectivity index (χ2n) is 4.41. The van der Waals surface area contributed by atoms with Crippen LogP contribution in [-0.2, 0) is 4.79 Å². The SMILES string of the molecule is O=CC1CCC(c2cc(F)ccc2F)CC1. The first kappa shape index (κ1) is 11.2. The van der Waals surface area contributed by atoms with E-state index < -0.39 is 5.82 Å². The van der Waals surface area contributed by atoms with Crippen LogP contribution in [0.5, 0.6) is 0 Å². The standard InChI is InChI=1S/C13H14F2O/c14-11-5-6-13(15)12(7-11)10-3-1-9(8-16)2-4-10/h5-10H,1-4H2. The van der Waals surface area contributed by atoms with Crippen LogP contribution in [0.1, 0.15) is 37.2 Å². The maximum absolute atomic E-state index is 13.5. The summed E-state index contributed by atoms with van der Waals surface area (Å²) in [5.74, 6) is -0.565. The molecule has 1 fully saturated rings. The molecular formula is C13H14F2O. The van der Waals surface area contributed by atoms with E-state index in [1.807, 2.05) is 0 Å². The molecule has 0 aromatic heterocycles. The normalized spacial score (nSPS) is 25.4. The monoisotopic (exact) mass is 224 g/mol. The fourth-order valence-electron chi connectivity index (χ4n) is 2.39. The number of hydrogen-bond donors (Lipinski definition) is 0. The van der Waals surface area contributed by atoms with Crippen LogP contribution in [0.2, 0.25) is 0 Å². The van der Waals surface area contributed by atoms with Gasteiger partial charge < -0.3 is 4.79 Å². The predicted octanol–water partition coefficient (Wildman–Crippen LogP) is 3.44. The van der Waals surface area contributed by atoms with E-state index in [2.05, 4.69) is 0 Å². The van der Waals surface area contributed by atoms with Gasteiger partial charge in [0.2, 0.25) is 0 Å². The van der Waals surface area contributed by atoms with Gasteiger partial charge in [0.05, 0.1) is 0 Å². The van der Waals surface area contributed by atoms with Crippen LogP contribution in [0.25, 0.3) is 0 Å². The molecule has 1 aliphatic rings. The van der Waals surface area contributed by atoms with E-state index in [9.17, 15) is 13.6 Å². The van der Waals surface area contributed by atoms with E-state index in [0.29, 0.717) is 5.56 Å². The topological polar surface area (TPSA) is 17.1 Å². The minimum atomic E-state index is -0.395. The molecule has 1 nitrogen and oxygen atoms in total. The van der Waals surface area contributed by atoms with Gasteiger partial charge in [0.25, 0.3) is 0 Å². The van der Waals surface area contributed by atoms with Crippen molar-refractivity contribution in [3.8, 4) is 0 Å². The van der Waals surface area contributed by atoms with Crippen molar-refractivity contribution in [1.29, 1.82) is 0 Å². The molecule has 3 heteroatoms. The molecule has 1 aliphatic carbocycles. The lowest BCUT2D eigenvalue weighted by Gasteiger charge is -2.25. The summed E-state index contributed by atoms with van der Waals surface area (Å²) >= 11 is 0. The van der Waals surface area contributed by atoms with Gasteiger partial charge in [-0.1, -0.05) is 0 Å². The molecule has 0 radical (unpaired) electrons. The van der Waals surface area contributed by atoms with Crippen molar-refractivity contribution in [2.75, 3.05) is 0 Å². The van der Waals surface area contributed by atoms with E-state index in [0.717, 1.165) is 38.0 Å². The van der Waals surface area contributed by atoms with E-state index in [1.54, 1.807) is 0 Å². The van der Waals surface area contributed by atoms with Gasteiger partial charge in [-0.2, -0.15) is 0 Å². The molecule has 1 aromatic rings. The molecule has 86 valence electrons. The van der Waals surface area contributed by atoms with Crippen LogP contribution >= 0.6 is 0 Å². The van der Waals surface area contributed by atoms with Crippen LogP contribution in [0.15, 0.2) is 18.2 Å². The van der Waals surface area contributed by atoms with Gasteiger partial charge >= 0.3 is 0 Å². The zero-order valence-corrected chi connectivity index (χ0v) is 8.96. The molecule has 0 atom stereocenters. The molecule has 2 rings (SSSR count). The smallest absolute Gasteiger partial charge is 0.126 e. The van der Waals surface area contributed by atoms with E-state index in [-0.39, 0.29) is 17.7 Å². The third-order valence-electron chi connectivity index (χ3n) is 3.36. The molecule has 0 N–H and O–H groups in total. The quantitative estimate of drug-likeness (QED) is 0.703. The Kier molecular flexibility index (Phi) is 3.32. The van der Waals surface area contributed by atoms with Crippen molar-refractivity contribution < 1.29 is 13.6 Å². The van der Waals surface area contributed by atoms with E-state index >= 15 is 0 Å². The van der Waals surface area contributed by atoms with Crippen LogP contribution < -0.4 is 0 Å². The molecule has 0 amide bonds. The van der Waals surface area contributed by atoms with E-state index in [4.69, 9.17) is 0 Å². The summed E-state index contributed by atoms with van der Waals surface area (Å²) in [7, 11) is 0. The van der Waals surface area contributed by atoms with Crippen molar-refractivity contribution >= 4 is 6.29 Å². The first-order valence-electron chi connectivity index (χ1n) is 5.61. The van der Waals surface area contributed by atoms with Crippen LogP contribution in [0, 0.1) is 17.6 Å². The van der Waals surface area contributed by atoms with E-state index in [1.165, 1.54) is 12.1 Å². The van der Waals surface area contributed by atoms with Crippen molar-refractivity contribution in [3.05, 3.63) is 35.4 Å². The molecule has 0 unspecified atom stereocenters. The van der Waals surface area contributed by atoms with Gasteiger partial charge in [0.1, 0.15) is 17.9 Å². The average Bonchev–Trinajstić information content (AvgIpc) is 2.32. The first-order valence-corrected chi connectivity index (χ1v) is 5.61. The van der Waals surface area contributed by atoms with Gasteiger partial charge in [0.15, 0.2) is 0 Å². The summed E-state index contributed by atoms with van der Waals surface area (Å²) in [6.07, 6.45) is 4.07. The maximum atomic E-state index is 13.5. The Hall–Kier alpha value is -1.25. The zero-order chi connectivity index (χ0) is 11.5. The Morgan fingerprint density at radius 3 is 2.44 bits per heavy atom. The summed E-state index contributed by atoms with van der Waals surface area (Å²) in [5.41, 5.74) is 0.462. The highest BCUT2D eigenvalue weighted by atomic mass is 19.1. The summed E-state index contributed by atoms with van der Waals surface area (Å²) < 4.78 is 26.5. The number of aldehydes is 1. The summed E-state index contributed by atoms with van der Waals surface area (Å²) in [6.45, 7) is 0. The Labute approximate surface area is 93.5 Å². The van der Waals surface area contributed by atoms with Gasteiger partial charge in [-0.05, 0) is 55.4 Å². The number of hydrogen-bond acceptors (Lipinski definition) is 1. The first-order chi connectivity index (χ1) is 7.70. The zero-order valence-electron chi connectivity index (χ0n) is 8.96. The summed E-state index contributed by atoms with van der Waals surface area (Å²) in [5, 5.41) is 0. The number of rotatable bonds is 2. The minimum absolute atomic E-state index is 0.0619. The number of carbonyl (C=O) groups excluding carboxylic acids is 1. The molecule has 16 heavy (non-hydrogen) atoms. The van der Waals surface area contributed by atoms with Gasteiger partial charge in [-0.25, -0.2) is 8.78 Å². The van der Waals surface area contributed by atoms with Crippen LogP contribution in [0.3, 0.4) is 0 Å². The van der Waals surface area contributed by atoms with Gasteiger partial charge in [0, 0.05) is 5.92 Å². The Bertz CT molecular complexity index is 382. The second-order valence-corrected chi connectivity index (χ2v) is 4.41. The number of benzene rings is 1. The highest BCUT2D eigenvalue weighted by molar-refractivity contribution is 5.53. The largest absolute Gasteiger partial charge is 0.303 e. The predicted molar refractivity (Wildman–Crippen MR) is 57.1 cm³/mol. The Morgan fingerprint density at radius 2 is 1.81 bits per heavy atom. The lowest BCUT2D eigenvalue weighted by molar-refractivity contribution is -0.111. The number of carbonyl (C=O) groups is 1. The second kappa shape index (κ2) is 4.73. The minimum Gasteiger partial charge on any atom is -0.303 e. The molecule has 0 aliphatic heterocycles. The molecule has 0 saturated heterocycles.